The molecule has 2 N–H and O–H groups in total. The van der Waals surface area contributed by atoms with Gasteiger partial charge in [-0.25, -0.2) is 4.98 Å². The normalized spacial score (nSPS) is 14.4. The number of anilines is 2. The molecule has 0 aliphatic carbocycles. The molecule has 0 saturated carbocycles. The SMILES string of the molecule is COc1ccc(CNc2ccc3c(c2)Cc2cccc(-c4cc(N5CCOCC5)cc(=O)[nH]4)c2O3)cn1. The molecule has 0 amide bonds. The number of nitrogens with one attached hydrogen (secondary N) is 2. The fourth-order valence-electron chi connectivity index (χ4n) is 4.82. The molecule has 4 aromatic rings. The quantitative estimate of drug-likeness (QED) is 0.355. The Hall–Kier alpha value is -4.30. The van der Waals surface area contributed by atoms with Crippen molar-refractivity contribution in [2.45, 2.75) is 13.0 Å². The molecular formula is C29H28N4O4. The van der Waals surface area contributed by atoms with Crippen LogP contribution in [0.1, 0.15) is 16.7 Å². The Labute approximate surface area is 214 Å². The Balaban J connectivity index is 1.24. The first-order chi connectivity index (χ1) is 18.2. The molecule has 8 nitrogen and oxygen atoms in total. The van der Waals surface area contributed by atoms with Crippen molar-refractivity contribution >= 4 is 11.4 Å². The Kier molecular flexibility index (Phi) is 6.24. The van der Waals surface area contributed by atoms with E-state index in [0.717, 1.165) is 70.3 Å². The van der Waals surface area contributed by atoms with Gasteiger partial charge in [0.05, 0.1) is 26.0 Å². The highest BCUT2D eigenvalue weighted by Crippen LogP contribution is 2.43. The number of H-pyrrole nitrogens is 1. The highest BCUT2D eigenvalue weighted by molar-refractivity contribution is 5.74. The predicted octanol–water partition coefficient (Wildman–Crippen LogP) is 4.59. The fraction of sp³-hybridized carbons (Fsp3) is 0.241. The summed E-state index contributed by atoms with van der Waals surface area (Å²) in [6.07, 6.45) is 2.55. The van der Waals surface area contributed by atoms with Gasteiger partial charge in [-0.3, -0.25) is 4.79 Å². The number of morpholine rings is 1. The first-order valence-electron chi connectivity index (χ1n) is 12.4. The summed E-state index contributed by atoms with van der Waals surface area (Å²) in [6, 6.07) is 19.8. The van der Waals surface area contributed by atoms with Gasteiger partial charge in [-0.05, 0) is 41.5 Å². The Bertz CT molecular complexity index is 1480. The van der Waals surface area contributed by atoms with Crippen molar-refractivity contribution in [3.63, 3.8) is 0 Å². The standard InChI is InChI=1S/C29H28N4O4/c1-35-28-8-5-19(18-31-28)17-30-22-6-7-26-21(14-22)13-20-3-2-4-24(29(20)37-26)25-15-23(16-27(34)32-25)33-9-11-36-12-10-33/h2-8,14-16,18,30H,9-13,17H2,1H3,(H,32,34). The zero-order valence-corrected chi connectivity index (χ0v) is 20.6. The first-order valence-corrected chi connectivity index (χ1v) is 12.4. The number of fused-ring (bicyclic) bond motifs is 2. The van der Waals surface area contributed by atoms with Crippen molar-refractivity contribution in [3.05, 3.63) is 93.9 Å². The summed E-state index contributed by atoms with van der Waals surface area (Å²) in [7, 11) is 1.61. The van der Waals surface area contributed by atoms with Crippen molar-refractivity contribution in [2.24, 2.45) is 0 Å². The average Bonchev–Trinajstić information content (AvgIpc) is 2.95. The Morgan fingerprint density at radius 1 is 1.05 bits per heavy atom. The highest BCUT2D eigenvalue weighted by Gasteiger charge is 2.22. The van der Waals surface area contributed by atoms with E-state index in [4.69, 9.17) is 14.2 Å². The second-order valence-electron chi connectivity index (χ2n) is 9.17. The third kappa shape index (κ3) is 4.88. The maximum Gasteiger partial charge on any atom is 0.250 e. The number of nitrogens with zero attached hydrogens (tertiary/aromatic N) is 2. The van der Waals surface area contributed by atoms with E-state index in [2.05, 4.69) is 32.3 Å². The number of ether oxygens (including phenoxy) is 3. The van der Waals surface area contributed by atoms with Crippen LogP contribution in [0.4, 0.5) is 11.4 Å². The van der Waals surface area contributed by atoms with E-state index in [9.17, 15) is 4.79 Å². The molecular weight excluding hydrogens is 468 g/mol. The molecule has 37 heavy (non-hydrogen) atoms. The number of aromatic nitrogens is 2. The highest BCUT2D eigenvalue weighted by atomic mass is 16.5. The molecule has 8 heteroatoms. The van der Waals surface area contributed by atoms with Crippen LogP contribution in [-0.4, -0.2) is 43.4 Å². The lowest BCUT2D eigenvalue weighted by Gasteiger charge is -2.29. The van der Waals surface area contributed by atoms with E-state index >= 15 is 0 Å². The van der Waals surface area contributed by atoms with E-state index in [1.807, 2.05) is 48.7 Å². The summed E-state index contributed by atoms with van der Waals surface area (Å²) in [5, 5.41) is 3.46. The van der Waals surface area contributed by atoms with Gasteiger partial charge in [0.1, 0.15) is 11.5 Å². The summed E-state index contributed by atoms with van der Waals surface area (Å²) in [6.45, 7) is 3.52. The molecule has 0 bridgehead atoms. The molecule has 0 radical (unpaired) electrons. The number of hydrogen-bond acceptors (Lipinski definition) is 7. The number of para-hydroxylation sites is 1. The maximum absolute atomic E-state index is 12.6. The van der Waals surface area contributed by atoms with E-state index in [0.29, 0.717) is 25.6 Å². The van der Waals surface area contributed by atoms with Crippen LogP contribution in [0.2, 0.25) is 0 Å². The van der Waals surface area contributed by atoms with Gasteiger partial charge in [-0.1, -0.05) is 18.2 Å². The lowest BCUT2D eigenvalue weighted by molar-refractivity contribution is 0.122. The van der Waals surface area contributed by atoms with Crippen molar-refractivity contribution in [3.8, 4) is 28.6 Å². The van der Waals surface area contributed by atoms with Crippen LogP contribution in [0, 0.1) is 0 Å². The van der Waals surface area contributed by atoms with Crippen LogP contribution in [-0.2, 0) is 17.7 Å². The van der Waals surface area contributed by atoms with Crippen LogP contribution in [0.3, 0.4) is 0 Å². The zero-order chi connectivity index (χ0) is 25.2. The minimum absolute atomic E-state index is 0.129. The molecule has 1 saturated heterocycles. The Morgan fingerprint density at radius 3 is 2.76 bits per heavy atom. The van der Waals surface area contributed by atoms with Gasteiger partial charge in [0.15, 0.2) is 0 Å². The molecule has 2 aliphatic heterocycles. The van der Waals surface area contributed by atoms with E-state index in [1.165, 1.54) is 0 Å². The molecule has 2 aromatic heterocycles. The zero-order valence-electron chi connectivity index (χ0n) is 20.6. The van der Waals surface area contributed by atoms with E-state index in [1.54, 1.807) is 13.2 Å². The number of hydrogen-bond donors (Lipinski definition) is 2. The summed E-state index contributed by atoms with van der Waals surface area (Å²) in [4.78, 5) is 22.0. The van der Waals surface area contributed by atoms with Gasteiger partial charge in [0, 0.05) is 66.9 Å². The van der Waals surface area contributed by atoms with Gasteiger partial charge in [-0.2, -0.15) is 0 Å². The van der Waals surface area contributed by atoms with Gasteiger partial charge in [0.25, 0.3) is 0 Å². The lowest BCUT2D eigenvalue weighted by Crippen LogP contribution is -2.36. The maximum atomic E-state index is 12.6. The van der Waals surface area contributed by atoms with Gasteiger partial charge >= 0.3 is 0 Å². The second kappa shape index (κ2) is 9.99. The summed E-state index contributed by atoms with van der Waals surface area (Å²) in [5.41, 5.74) is 6.68. The molecule has 2 aromatic carbocycles. The van der Waals surface area contributed by atoms with Gasteiger partial charge in [-0.15, -0.1) is 0 Å². The Morgan fingerprint density at radius 2 is 1.95 bits per heavy atom. The molecule has 0 unspecified atom stereocenters. The molecule has 188 valence electrons. The summed E-state index contributed by atoms with van der Waals surface area (Å²) < 4.78 is 17.0. The fourth-order valence-corrected chi connectivity index (χ4v) is 4.82. The van der Waals surface area contributed by atoms with Crippen LogP contribution in [0.15, 0.2) is 71.7 Å². The molecule has 0 atom stereocenters. The number of pyridine rings is 2. The third-order valence-corrected chi connectivity index (χ3v) is 6.75. The number of benzene rings is 2. The first kappa shape index (κ1) is 23.1. The van der Waals surface area contributed by atoms with Crippen molar-refractivity contribution in [2.75, 3.05) is 43.6 Å². The molecule has 6 rings (SSSR count). The van der Waals surface area contributed by atoms with E-state index < -0.39 is 0 Å². The lowest BCUT2D eigenvalue weighted by atomic mass is 9.96. The van der Waals surface area contributed by atoms with Crippen molar-refractivity contribution in [1.29, 1.82) is 0 Å². The molecule has 4 heterocycles. The van der Waals surface area contributed by atoms with Crippen LogP contribution in [0.25, 0.3) is 11.3 Å². The smallest absolute Gasteiger partial charge is 0.250 e. The third-order valence-electron chi connectivity index (χ3n) is 6.75. The van der Waals surface area contributed by atoms with E-state index in [-0.39, 0.29) is 5.56 Å². The average molecular weight is 497 g/mol. The molecule has 0 spiro atoms. The van der Waals surface area contributed by atoms with Crippen molar-refractivity contribution < 1.29 is 14.2 Å². The van der Waals surface area contributed by atoms with Gasteiger partial charge < -0.3 is 29.4 Å². The number of aromatic amines is 1. The van der Waals surface area contributed by atoms with Crippen LogP contribution < -0.4 is 25.2 Å². The van der Waals surface area contributed by atoms with Crippen LogP contribution in [0.5, 0.6) is 17.4 Å². The number of methoxy groups -OCH3 is 1. The monoisotopic (exact) mass is 496 g/mol. The molecule has 2 aliphatic rings. The van der Waals surface area contributed by atoms with Gasteiger partial charge in [0.2, 0.25) is 11.4 Å². The minimum Gasteiger partial charge on any atom is -0.481 e. The summed E-state index contributed by atoms with van der Waals surface area (Å²) >= 11 is 0. The summed E-state index contributed by atoms with van der Waals surface area (Å²) in [5.74, 6) is 2.21. The largest absolute Gasteiger partial charge is 0.481 e. The van der Waals surface area contributed by atoms with Crippen LogP contribution >= 0.6 is 0 Å². The topological polar surface area (TPSA) is 88.7 Å². The van der Waals surface area contributed by atoms with Crippen molar-refractivity contribution in [1.82, 2.24) is 9.97 Å². The molecule has 1 fully saturated rings. The minimum atomic E-state index is -0.129. The second-order valence-corrected chi connectivity index (χ2v) is 9.17. The predicted molar refractivity (Wildman–Crippen MR) is 143 cm³/mol. The number of rotatable bonds is 6.